The maximum absolute atomic E-state index is 11.9. The molecule has 0 spiro atoms. The lowest BCUT2D eigenvalue weighted by Crippen LogP contribution is -2.40. The smallest absolute Gasteiger partial charge is 0.257 e. The van der Waals surface area contributed by atoms with Gasteiger partial charge in [0, 0.05) is 14.6 Å². The Labute approximate surface area is 142 Å². The molecular weight excluding hydrogens is 398 g/mol. The summed E-state index contributed by atoms with van der Waals surface area (Å²) in [7, 11) is 0. The predicted molar refractivity (Wildman–Crippen MR) is 92.9 cm³/mol. The third-order valence-electron chi connectivity index (χ3n) is 3.27. The summed E-state index contributed by atoms with van der Waals surface area (Å²) in [6.45, 7) is 2.23. The number of aryl methyl sites for hydroxylation is 1. The molecule has 3 N–H and O–H groups in total. The minimum Gasteiger partial charge on any atom is -0.374 e. The van der Waals surface area contributed by atoms with Gasteiger partial charge in [0.15, 0.2) is 0 Å². The molecular formula is C15H19Br2N3O. The van der Waals surface area contributed by atoms with Crippen molar-refractivity contribution in [3.05, 3.63) is 38.4 Å². The molecule has 1 aromatic rings. The van der Waals surface area contributed by atoms with E-state index in [2.05, 4.69) is 54.1 Å². The lowest BCUT2D eigenvalue weighted by molar-refractivity contribution is -0.120. The minimum atomic E-state index is -0.0964. The molecule has 0 aromatic heterocycles. The first kappa shape index (κ1) is 16.4. The second-order valence-electron chi connectivity index (χ2n) is 5.11. The van der Waals surface area contributed by atoms with Crippen LogP contribution in [0.15, 0.2) is 32.9 Å². The van der Waals surface area contributed by atoms with Gasteiger partial charge in [0.1, 0.15) is 0 Å². The first-order valence-electron chi connectivity index (χ1n) is 6.99. The van der Waals surface area contributed by atoms with Crippen molar-refractivity contribution in [3.8, 4) is 0 Å². The molecule has 1 aromatic carbocycles. The molecule has 0 aliphatic heterocycles. The fraction of sp³-hybridized carbons (Fsp3) is 0.400. The highest BCUT2D eigenvalue weighted by molar-refractivity contribution is 9.11. The molecule has 1 amide bonds. The van der Waals surface area contributed by atoms with Gasteiger partial charge in [0.25, 0.3) is 5.91 Å². The molecule has 6 heteroatoms. The topological polar surface area (TPSA) is 53.2 Å². The van der Waals surface area contributed by atoms with E-state index in [0.717, 1.165) is 38.7 Å². The zero-order valence-electron chi connectivity index (χ0n) is 11.9. The van der Waals surface area contributed by atoms with E-state index in [-0.39, 0.29) is 12.5 Å². The Balaban J connectivity index is 1.82. The maximum Gasteiger partial charge on any atom is 0.257 e. The van der Waals surface area contributed by atoms with E-state index < -0.39 is 0 Å². The zero-order chi connectivity index (χ0) is 15.2. The van der Waals surface area contributed by atoms with Gasteiger partial charge in [-0.05, 0) is 82.2 Å². The number of hydrogen-bond donors (Lipinski definition) is 3. The van der Waals surface area contributed by atoms with Crippen molar-refractivity contribution < 1.29 is 4.79 Å². The van der Waals surface area contributed by atoms with Crippen molar-refractivity contribution in [2.45, 2.75) is 32.6 Å². The monoisotopic (exact) mass is 415 g/mol. The fourth-order valence-corrected chi connectivity index (χ4v) is 3.88. The van der Waals surface area contributed by atoms with Crippen LogP contribution in [0.1, 0.15) is 31.2 Å². The molecule has 114 valence electrons. The fourth-order valence-electron chi connectivity index (χ4n) is 2.18. The molecule has 0 bridgehead atoms. The summed E-state index contributed by atoms with van der Waals surface area (Å²) < 4.78 is 1.87. The van der Waals surface area contributed by atoms with E-state index in [9.17, 15) is 4.79 Å². The van der Waals surface area contributed by atoms with E-state index in [1.54, 1.807) is 0 Å². The summed E-state index contributed by atoms with van der Waals surface area (Å²) >= 11 is 7.00. The third kappa shape index (κ3) is 5.04. The molecule has 0 radical (unpaired) electrons. The first-order valence-corrected chi connectivity index (χ1v) is 8.58. The van der Waals surface area contributed by atoms with Crippen molar-refractivity contribution in [3.63, 3.8) is 0 Å². The van der Waals surface area contributed by atoms with Gasteiger partial charge in [-0.25, -0.2) is 0 Å². The number of amides is 1. The number of hydrogen-bond acceptors (Lipinski definition) is 3. The van der Waals surface area contributed by atoms with Crippen LogP contribution in [0, 0.1) is 6.92 Å². The summed E-state index contributed by atoms with van der Waals surface area (Å²) in [4.78, 5) is 11.9. The molecule has 0 saturated heterocycles. The minimum absolute atomic E-state index is 0.0964. The van der Waals surface area contributed by atoms with Crippen LogP contribution in [0.25, 0.3) is 0 Å². The second-order valence-corrected chi connectivity index (χ2v) is 6.81. The Hall–Kier alpha value is -1.01. The lowest BCUT2D eigenvalue weighted by Gasteiger charge is -2.16. The molecule has 2 rings (SSSR count). The number of anilines is 1. The second kappa shape index (κ2) is 7.84. The van der Waals surface area contributed by atoms with Crippen LogP contribution in [0.4, 0.5) is 5.69 Å². The van der Waals surface area contributed by atoms with E-state index in [1.807, 2.05) is 19.1 Å². The Morgan fingerprint density at radius 2 is 1.95 bits per heavy atom. The van der Waals surface area contributed by atoms with E-state index >= 15 is 0 Å². The van der Waals surface area contributed by atoms with Crippen molar-refractivity contribution >= 4 is 43.5 Å². The highest BCUT2D eigenvalue weighted by Gasteiger charge is 2.09. The van der Waals surface area contributed by atoms with Crippen LogP contribution in [-0.2, 0) is 4.79 Å². The molecule has 21 heavy (non-hydrogen) atoms. The number of hydrazine groups is 1. The average Bonchev–Trinajstić information content (AvgIpc) is 2.45. The molecule has 0 unspecified atom stereocenters. The normalized spacial score (nSPS) is 14.3. The van der Waals surface area contributed by atoms with Gasteiger partial charge in [0.2, 0.25) is 0 Å². The number of rotatable bonds is 5. The van der Waals surface area contributed by atoms with Gasteiger partial charge in [-0.2, -0.15) is 0 Å². The van der Waals surface area contributed by atoms with Crippen LogP contribution < -0.4 is 16.2 Å². The number of allylic oxidation sites excluding steroid dienone is 2. The van der Waals surface area contributed by atoms with Gasteiger partial charge in [0.05, 0.1) is 12.2 Å². The molecule has 4 nitrogen and oxygen atoms in total. The van der Waals surface area contributed by atoms with Gasteiger partial charge < -0.3 is 10.7 Å². The van der Waals surface area contributed by atoms with Crippen LogP contribution in [-0.4, -0.2) is 12.5 Å². The number of halogens is 2. The van der Waals surface area contributed by atoms with Gasteiger partial charge >= 0.3 is 0 Å². The van der Waals surface area contributed by atoms with Crippen molar-refractivity contribution in [1.29, 1.82) is 0 Å². The largest absolute Gasteiger partial charge is 0.374 e. The highest BCUT2D eigenvalue weighted by Crippen LogP contribution is 2.32. The lowest BCUT2D eigenvalue weighted by atomic mass is 10.1. The summed E-state index contributed by atoms with van der Waals surface area (Å²) in [5, 5.41) is 3.13. The van der Waals surface area contributed by atoms with E-state index in [1.165, 1.54) is 12.8 Å². The van der Waals surface area contributed by atoms with Crippen molar-refractivity contribution in [1.82, 2.24) is 10.9 Å². The quantitative estimate of drug-likeness (QED) is 0.635. The average molecular weight is 417 g/mol. The van der Waals surface area contributed by atoms with Gasteiger partial charge in [-0.15, -0.1) is 0 Å². The highest BCUT2D eigenvalue weighted by atomic mass is 79.9. The summed E-state index contributed by atoms with van der Waals surface area (Å²) in [5.74, 6) is -0.0964. The van der Waals surface area contributed by atoms with Gasteiger partial charge in [-0.3, -0.25) is 10.2 Å². The van der Waals surface area contributed by atoms with E-state index in [0.29, 0.717) is 0 Å². The molecule has 0 heterocycles. The summed E-state index contributed by atoms with van der Waals surface area (Å²) in [6.07, 6.45) is 6.64. The Morgan fingerprint density at radius 1 is 1.24 bits per heavy atom. The zero-order valence-corrected chi connectivity index (χ0v) is 15.1. The van der Waals surface area contributed by atoms with Gasteiger partial charge in [-0.1, -0.05) is 6.08 Å². The molecule has 1 aliphatic carbocycles. The molecule has 1 aliphatic rings. The van der Waals surface area contributed by atoms with Crippen molar-refractivity contribution in [2.24, 2.45) is 0 Å². The number of benzene rings is 1. The van der Waals surface area contributed by atoms with Crippen LogP contribution in [0.5, 0.6) is 0 Å². The molecule has 0 atom stereocenters. The first-order chi connectivity index (χ1) is 10.1. The number of carbonyl (C=O) groups is 1. The maximum atomic E-state index is 11.9. The standard InChI is InChI=1S/C15H19Br2N3O/c1-10-7-12(16)15(13(17)8-10)18-9-14(21)20-19-11-5-3-2-4-6-11/h5,7-8,18-19H,2-4,6,9H2,1H3,(H,20,21). The van der Waals surface area contributed by atoms with Crippen LogP contribution >= 0.6 is 31.9 Å². The summed E-state index contributed by atoms with van der Waals surface area (Å²) in [6, 6.07) is 4.02. The third-order valence-corrected chi connectivity index (χ3v) is 4.52. The SMILES string of the molecule is Cc1cc(Br)c(NCC(=O)NNC2=CCCCC2)c(Br)c1. The number of nitrogens with one attached hydrogen (secondary N) is 3. The Morgan fingerprint density at radius 3 is 2.57 bits per heavy atom. The Bertz CT molecular complexity index is 535. The van der Waals surface area contributed by atoms with Crippen molar-refractivity contribution in [2.75, 3.05) is 11.9 Å². The van der Waals surface area contributed by atoms with Crippen LogP contribution in [0.2, 0.25) is 0 Å². The van der Waals surface area contributed by atoms with Crippen LogP contribution in [0.3, 0.4) is 0 Å². The number of carbonyl (C=O) groups excluding carboxylic acids is 1. The molecule has 0 saturated carbocycles. The summed E-state index contributed by atoms with van der Waals surface area (Å²) in [5.41, 5.74) is 8.85. The predicted octanol–water partition coefficient (Wildman–Crippen LogP) is 4.01. The molecule has 0 fully saturated rings. The Kier molecular flexibility index (Phi) is 6.11. The van der Waals surface area contributed by atoms with E-state index in [4.69, 9.17) is 0 Å².